The van der Waals surface area contributed by atoms with E-state index in [4.69, 9.17) is 5.73 Å². The average Bonchev–Trinajstić information content (AvgIpc) is 2.55. The Kier molecular flexibility index (Phi) is 4.79. The first-order valence-electron chi connectivity index (χ1n) is 6.63. The highest BCUT2D eigenvalue weighted by Crippen LogP contribution is 2.16. The van der Waals surface area contributed by atoms with Gasteiger partial charge in [-0.1, -0.05) is 0 Å². The highest BCUT2D eigenvalue weighted by molar-refractivity contribution is 7.91. The molecule has 0 aromatic heterocycles. The van der Waals surface area contributed by atoms with Crippen molar-refractivity contribution in [2.24, 2.45) is 0 Å². The quantitative estimate of drug-likeness (QED) is 0.791. The standard InChI is InChI=1S/C13H18FN3O3S/c14-11-3-2-10(8-12(11)15)16-13(18)9-17-4-1-6-21(19,20)7-5-17/h2-3,8H,1,4-7,9,15H2,(H,16,18). The molecule has 0 atom stereocenters. The second-order valence-corrected chi connectivity index (χ2v) is 7.37. The number of nitrogens with two attached hydrogens (primary N) is 1. The zero-order chi connectivity index (χ0) is 15.5. The Hall–Kier alpha value is -1.67. The van der Waals surface area contributed by atoms with E-state index in [9.17, 15) is 17.6 Å². The first kappa shape index (κ1) is 15.7. The van der Waals surface area contributed by atoms with Gasteiger partial charge in [-0.15, -0.1) is 0 Å². The van der Waals surface area contributed by atoms with Crippen LogP contribution in [0.4, 0.5) is 15.8 Å². The van der Waals surface area contributed by atoms with E-state index >= 15 is 0 Å². The number of sulfone groups is 1. The number of rotatable bonds is 3. The predicted molar refractivity (Wildman–Crippen MR) is 79.2 cm³/mol. The van der Waals surface area contributed by atoms with E-state index in [-0.39, 0.29) is 29.6 Å². The van der Waals surface area contributed by atoms with E-state index < -0.39 is 15.7 Å². The summed E-state index contributed by atoms with van der Waals surface area (Å²) in [5.41, 5.74) is 5.81. The minimum atomic E-state index is -2.99. The van der Waals surface area contributed by atoms with Gasteiger partial charge in [0.1, 0.15) is 5.82 Å². The molecule has 1 amide bonds. The zero-order valence-corrected chi connectivity index (χ0v) is 12.3. The predicted octanol–water partition coefficient (Wildman–Crippen LogP) is 0.467. The van der Waals surface area contributed by atoms with E-state index in [0.717, 1.165) is 0 Å². The molecule has 0 unspecified atom stereocenters. The maximum absolute atomic E-state index is 13.0. The summed E-state index contributed by atoms with van der Waals surface area (Å²) in [5, 5.41) is 2.62. The van der Waals surface area contributed by atoms with Crippen molar-refractivity contribution in [3.8, 4) is 0 Å². The topological polar surface area (TPSA) is 92.5 Å². The highest BCUT2D eigenvalue weighted by Gasteiger charge is 2.20. The molecule has 1 saturated heterocycles. The molecule has 1 aromatic rings. The van der Waals surface area contributed by atoms with Crippen molar-refractivity contribution in [3.05, 3.63) is 24.0 Å². The molecule has 0 aliphatic carbocycles. The van der Waals surface area contributed by atoms with Crippen LogP contribution in [-0.4, -0.2) is 50.4 Å². The Bertz CT molecular complexity index is 634. The van der Waals surface area contributed by atoms with Gasteiger partial charge in [0.05, 0.1) is 23.7 Å². The molecule has 0 radical (unpaired) electrons. The molecule has 1 fully saturated rings. The smallest absolute Gasteiger partial charge is 0.238 e. The molecular weight excluding hydrogens is 297 g/mol. The minimum Gasteiger partial charge on any atom is -0.396 e. The fourth-order valence-corrected chi connectivity index (χ4v) is 3.48. The summed E-state index contributed by atoms with van der Waals surface area (Å²) >= 11 is 0. The first-order chi connectivity index (χ1) is 9.85. The van der Waals surface area contributed by atoms with E-state index in [1.54, 1.807) is 4.90 Å². The molecule has 2 rings (SSSR count). The number of carbonyl (C=O) groups excluding carboxylic acids is 1. The van der Waals surface area contributed by atoms with Crippen molar-refractivity contribution >= 4 is 27.1 Å². The molecule has 3 N–H and O–H groups in total. The number of hydrogen-bond donors (Lipinski definition) is 2. The van der Waals surface area contributed by atoms with Crippen LogP contribution in [0.3, 0.4) is 0 Å². The van der Waals surface area contributed by atoms with Crippen molar-refractivity contribution < 1.29 is 17.6 Å². The van der Waals surface area contributed by atoms with Gasteiger partial charge in [0.2, 0.25) is 5.91 Å². The van der Waals surface area contributed by atoms with Gasteiger partial charge in [-0.25, -0.2) is 12.8 Å². The number of anilines is 2. The average molecular weight is 315 g/mol. The van der Waals surface area contributed by atoms with E-state index in [0.29, 0.717) is 25.2 Å². The molecule has 1 heterocycles. The fourth-order valence-electron chi connectivity index (χ4n) is 2.17. The van der Waals surface area contributed by atoms with E-state index in [2.05, 4.69) is 5.32 Å². The van der Waals surface area contributed by atoms with Crippen LogP contribution in [0.1, 0.15) is 6.42 Å². The van der Waals surface area contributed by atoms with Crippen LogP contribution in [0.2, 0.25) is 0 Å². The second-order valence-electron chi connectivity index (χ2n) is 5.07. The van der Waals surface area contributed by atoms with E-state index in [1.165, 1.54) is 18.2 Å². The highest BCUT2D eigenvalue weighted by atomic mass is 32.2. The molecule has 0 spiro atoms. The number of nitrogen functional groups attached to an aromatic ring is 1. The lowest BCUT2D eigenvalue weighted by Gasteiger charge is -2.18. The van der Waals surface area contributed by atoms with Crippen LogP contribution in [0.15, 0.2) is 18.2 Å². The summed E-state index contributed by atoms with van der Waals surface area (Å²) in [6.45, 7) is 1.02. The number of halogens is 1. The Morgan fingerprint density at radius 3 is 2.81 bits per heavy atom. The number of nitrogens with zero attached hydrogens (tertiary/aromatic N) is 1. The maximum Gasteiger partial charge on any atom is 0.238 e. The number of hydrogen-bond acceptors (Lipinski definition) is 5. The number of carbonyl (C=O) groups is 1. The third kappa shape index (κ3) is 4.68. The van der Waals surface area contributed by atoms with Crippen molar-refractivity contribution in [1.82, 2.24) is 4.90 Å². The Morgan fingerprint density at radius 2 is 2.10 bits per heavy atom. The van der Waals surface area contributed by atoms with Crippen LogP contribution in [-0.2, 0) is 14.6 Å². The number of nitrogens with one attached hydrogen (secondary N) is 1. The summed E-state index contributed by atoms with van der Waals surface area (Å²) in [4.78, 5) is 13.7. The molecule has 8 heteroatoms. The molecule has 0 bridgehead atoms. The molecule has 6 nitrogen and oxygen atoms in total. The van der Waals surface area contributed by atoms with Gasteiger partial charge in [-0.05, 0) is 31.2 Å². The van der Waals surface area contributed by atoms with Gasteiger partial charge < -0.3 is 11.1 Å². The van der Waals surface area contributed by atoms with Crippen molar-refractivity contribution in [3.63, 3.8) is 0 Å². The Morgan fingerprint density at radius 1 is 1.33 bits per heavy atom. The summed E-state index contributed by atoms with van der Waals surface area (Å²) < 4.78 is 36.0. The lowest BCUT2D eigenvalue weighted by Crippen LogP contribution is -2.35. The second kappa shape index (κ2) is 6.40. The van der Waals surface area contributed by atoms with Crippen molar-refractivity contribution in [1.29, 1.82) is 0 Å². The van der Waals surface area contributed by atoms with Gasteiger partial charge in [0.15, 0.2) is 9.84 Å². The molecule has 21 heavy (non-hydrogen) atoms. The normalized spacial score (nSPS) is 18.9. The lowest BCUT2D eigenvalue weighted by atomic mass is 10.2. The molecule has 0 saturated carbocycles. The first-order valence-corrected chi connectivity index (χ1v) is 8.45. The Labute approximate surface area is 123 Å². The molecule has 1 aliphatic heterocycles. The van der Waals surface area contributed by atoms with Gasteiger partial charge in [-0.3, -0.25) is 9.69 Å². The largest absolute Gasteiger partial charge is 0.396 e. The molecule has 1 aromatic carbocycles. The molecular formula is C13H18FN3O3S. The number of benzene rings is 1. The SMILES string of the molecule is Nc1cc(NC(=O)CN2CCCS(=O)(=O)CC2)ccc1F. The van der Waals surface area contributed by atoms with Crippen molar-refractivity contribution in [2.75, 3.05) is 42.2 Å². The van der Waals surface area contributed by atoms with Gasteiger partial charge in [0.25, 0.3) is 0 Å². The van der Waals surface area contributed by atoms with Crippen molar-refractivity contribution in [2.45, 2.75) is 6.42 Å². The van der Waals surface area contributed by atoms with Gasteiger partial charge >= 0.3 is 0 Å². The zero-order valence-electron chi connectivity index (χ0n) is 11.5. The minimum absolute atomic E-state index is 0.0336. The summed E-state index contributed by atoms with van der Waals surface area (Å²) in [6.07, 6.45) is 0.527. The third-order valence-corrected chi connectivity index (χ3v) is 5.01. The Balaban J connectivity index is 1.91. The van der Waals surface area contributed by atoms with Gasteiger partial charge in [0, 0.05) is 12.2 Å². The van der Waals surface area contributed by atoms with Gasteiger partial charge in [-0.2, -0.15) is 0 Å². The molecule has 1 aliphatic rings. The lowest BCUT2D eigenvalue weighted by molar-refractivity contribution is -0.117. The monoisotopic (exact) mass is 315 g/mol. The van der Waals surface area contributed by atoms with Crippen LogP contribution in [0.5, 0.6) is 0 Å². The fraction of sp³-hybridized carbons (Fsp3) is 0.462. The molecule has 116 valence electrons. The van der Waals surface area contributed by atoms with Crippen LogP contribution >= 0.6 is 0 Å². The summed E-state index contributed by atoms with van der Waals surface area (Å²) in [5.74, 6) is -0.574. The maximum atomic E-state index is 13.0. The van der Waals surface area contributed by atoms with Crippen LogP contribution < -0.4 is 11.1 Å². The van der Waals surface area contributed by atoms with Crippen LogP contribution in [0.25, 0.3) is 0 Å². The number of amides is 1. The van der Waals surface area contributed by atoms with E-state index in [1.807, 2.05) is 0 Å². The summed E-state index contributed by atoms with van der Waals surface area (Å²) in [6, 6.07) is 3.96. The third-order valence-electron chi connectivity index (χ3n) is 3.30. The van der Waals surface area contributed by atoms with Crippen LogP contribution in [0, 0.1) is 5.82 Å². The summed E-state index contributed by atoms with van der Waals surface area (Å²) in [7, 11) is -2.99.